The van der Waals surface area contributed by atoms with Crippen LogP contribution in [-0.2, 0) is 14.9 Å². The van der Waals surface area contributed by atoms with Crippen molar-refractivity contribution < 1.29 is 14.6 Å². The number of aryl methyl sites for hydroxylation is 1. The number of hydrogen-bond donors (Lipinski definition) is 1. The summed E-state index contributed by atoms with van der Waals surface area (Å²) < 4.78 is 7.67. The first-order valence-electron chi connectivity index (χ1n) is 13.8. The Morgan fingerprint density at radius 1 is 0.974 bits per heavy atom. The lowest BCUT2D eigenvalue weighted by atomic mass is 9.69. The molecule has 1 N–H and O–H groups in total. The number of carbonyl (C=O) groups is 1. The highest BCUT2D eigenvalue weighted by atomic mass is 16.5. The summed E-state index contributed by atoms with van der Waals surface area (Å²) in [5, 5.41) is 9.64. The van der Waals surface area contributed by atoms with Gasteiger partial charge in [-0.2, -0.15) is 0 Å². The molecule has 4 heteroatoms. The zero-order chi connectivity index (χ0) is 26.3. The number of hydrogen-bond acceptors (Lipinski definition) is 2. The normalized spacial score (nSPS) is 24.0. The molecular weight excluding hydrogens is 470 g/mol. The van der Waals surface area contributed by atoms with Crippen LogP contribution in [0.1, 0.15) is 53.5 Å². The number of piperidine rings is 1. The van der Waals surface area contributed by atoms with E-state index in [1.54, 1.807) is 0 Å². The molecule has 3 aromatic rings. The molecule has 2 heterocycles. The fourth-order valence-corrected chi connectivity index (χ4v) is 6.68. The van der Waals surface area contributed by atoms with E-state index in [-0.39, 0.29) is 12.5 Å². The van der Waals surface area contributed by atoms with Crippen LogP contribution in [0.2, 0.25) is 0 Å². The molecule has 38 heavy (non-hydrogen) atoms. The molecule has 194 valence electrons. The molecule has 4 nitrogen and oxygen atoms in total. The highest BCUT2D eigenvalue weighted by molar-refractivity contribution is 5.88. The first kappa shape index (κ1) is 24.8. The number of carboxylic acids is 1. The van der Waals surface area contributed by atoms with Crippen molar-refractivity contribution in [1.29, 1.82) is 0 Å². The van der Waals surface area contributed by atoms with Crippen LogP contribution in [0.25, 0.3) is 11.6 Å². The Kier molecular flexibility index (Phi) is 6.33. The molecule has 2 unspecified atom stereocenters. The standard InChI is InChI=1S/C34H35NO3/c1-24-11-12-25-20-26(21-32(36)37)33-31(30(25)19-24)22-34(23-38-33,27-9-5-3-6-10-27)28-13-15-29(16-14-28)35(2)17-7-4-8-18-35/h3,5-6,9-16,19-20,22,33H,4,7-8,17-18,21,23H2,1-2H3/p+1. The molecular formula is C34H36NO3+. The molecule has 0 saturated carbocycles. The van der Waals surface area contributed by atoms with E-state index in [1.807, 2.05) is 12.1 Å². The van der Waals surface area contributed by atoms with E-state index >= 15 is 0 Å². The summed E-state index contributed by atoms with van der Waals surface area (Å²) in [6.07, 6.45) is 7.88. The third kappa shape index (κ3) is 4.32. The summed E-state index contributed by atoms with van der Waals surface area (Å²) >= 11 is 0. The second-order valence-electron chi connectivity index (χ2n) is 11.5. The fraction of sp³-hybridized carbons (Fsp3) is 0.324. The van der Waals surface area contributed by atoms with Crippen molar-refractivity contribution >= 4 is 23.3 Å². The molecule has 2 aliphatic heterocycles. The van der Waals surface area contributed by atoms with Crippen molar-refractivity contribution in [2.75, 3.05) is 26.7 Å². The predicted octanol–water partition coefficient (Wildman–Crippen LogP) is 6.76. The Bertz CT molecular complexity index is 1410. The highest BCUT2D eigenvalue weighted by Gasteiger charge is 2.42. The summed E-state index contributed by atoms with van der Waals surface area (Å²) in [5.41, 5.74) is 8.51. The monoisotopic (exact) mass is 506 g/mol. The van der Waals surface area contributed by atoms with E-state index in [9.17, 15) is 9.90 Å². The topological polar surface area (TPSA) is 46.5 Å². The zero-order valence-corrected chi connectivity index (χ0v) is 22.3. The Morgan fingerprint density at radius 3 is 2.39 bits per heavy atom. The van der Waals surface area contributed by atoms with Crippen molar-refractivity contribution in [2.45, 2.75) is 44.1 Å². The minimum absolute atomic E-state index is 0.0289. The van der Waals surface area contributed by atoms with Crippen LogP contribution in [0.4, 0.5) is 5.69 Å². The molecule has 1 fully saturated rings. The van der Waals surface area contributed by atoms with Gasteiger partial charge in [0.2, 0.25) is 0 Å². The van der Waals surface area contributed by atoms with E-state index in [4.69, 9.17) is 4.74 Å². The van der Waals surface area contributed by atoms with Crippen molar-refractivity contribution in [1.82, 2.24) is 4.48 Å². The lowest BCUT2D eigenvalue weighted by Gasteiger charge is -2.42. The Labute approximate surface area is 225 Å². The molecule has 0 aromatic heterocycles. The average Bonchev–Trinajstić information content (AvgIpc) is 2.94. The van der Waals surface area contributed by atoms with Gasteiger partial charge in [-0.3, -0.25) is 9.28 Å². The van der Waals surface area contributed by atoms with Gasteiger partial charge in [-0.15, -0.1) is 0 Å². The average molecular weight is 507 g/mol. The Balaban J connectivity index is 1.51. The van der Waals surface area contributed by atoms with Gasteiger partial charge in [0.1, 0.15) is 11.8 Å². The quantitative estimate of drug-likeness (QED) is 0.389. The smallest absolute Gasteiger partial charge is 0.307 e. The molecule has 0 amide bonds. The minimum Gasteiger partial charge on any atom is -0.481 e. The zero-order valence-electron chi connectivity index (χ0n) is 22.3. The summed E-state index contributed by atoms with van der Waals surface area (Å²) in [4.78, 5) is 11.7. The fourth-order valence-electron chi connectivity index (χ4n) is 6.68. The van der Waals surface area contributed by atoms with E-state index in [0.717, 1.165) is 26.8 Å². The molecule has 1 saturated heterocycles. The van der Waals surface area contributed by atoms with E-state index in [2.05, 4.69) is 86.8 Å². The number of rotatable bonds is 5. The van der Waals surface area contributed by atoms with E-state index in [1.165, 1.54) is 54.7 Å². The Hall–Kier alpha value is -3.47. The van der Waals surface area contributed by atoms with Gasteiger partial charge in [-0.05, 0) is 71.7 Å². The number of ether oxygens (including phenoxy) is 1. The maximum Gasteiger partial charge on any atom is 0.307 e. The van der Waals surface area contributed by atoms with Gasteiger partial charge in [0.25, 0.3) is 0 Å². The van der Waals surface area contributed by atoms with Crippen LogP contribution in [0, 0.1) is 6.92 Å². The lowest BCUT2D eigenvalue weighted by molar-refractivity contribution is -0.136. The second-order valence-corrected chi connectivity index (χ2v) is 11.5. The number of likely N-dealkylation sites (tertiary alicyclic amines) is 1. The molecule has 0 bridgehead atoms. The first-order valence-corrected chi connectivity index (χ1v) is 13.8. The van der Waals surface area contributed by atoms with Crippen molar-refractivity contribution in [3.05, 3.63) is 112 Å². The molecule has 3 aromatic carbocycles. The molecule has 0 radical (unpaired) electrons. The second kappa shape index (κ2) is 9.68. The van der Waals surface area contributed by atoms with Gasteiger partial charge >= 0.3 is 5.97 Å². The number of aliphatic carboxylic acids is 1. The number of fused-ring (bicyclic) bond motifs is 3. The first-order chi connectivity index (χ1) is 18.4. The van der Waals surface area contributed by atoms with Crippen LogP contribution in [0.5, 0.6) is 0 Å². The molecule has 0 spiro atoms. The van der Waals surface area contributed by atoms with Crippen molar-refractivity contribution in [2.24, 2.45) is 0 Å². The third-order valence-corrected chi connectivity index (χ3v) is 8.81. The van der Waals surface area contributed by atoms with Crippen LogP contribution in [0.3, 0.4) is 0 Å². The van der Waals surface area contributed by atoms with Gasteiger partial charge in [0.05, 0.1) is 38.6 Å². The number of quaternary nitrogens is 1. The lowest BCUT2D eigenvalue weighted by Crippen LogP contribution is -2.49. The Morgan fingerprint density at radius 2 is 1.68 bits per heavy atom. The van der Waals surface area contributed by atoms with Crippen molar-refractivity contribution in [3.63, 3.8) is 0 Å². The summed E-state index contributed by atoms with van der Waals surface area (Å²) in [7, 11) is 2.36. The van der Waals surface area contributed by atoms with Crippen LogP contribution in [0.15, 0.2) is 84.4 Å². The van der Waals surface area contributed by atoms with E-state index in [0.29, 0.717) is 6.61 Å². The SMILES string of the molecule is Cc1ccc2c(c1)C1=CC(c3ccccc3)(c3ccc([N+]4(C)CCCCC4)cc3)COC1C(CC(=O)O)=C2. The highest BCUT2D eigenvalue weighted by Crippen LogP contribution is 2.47. The van der Waals surface area contributed by atoms with Crippen LogP contribution < -0.4 is 4.48 Å². The molecule has 2 atom stereocenters. The van der Waals surface area contributed by atoms with Gasteiger partial charge in [-0.25, -0.2) is 0 Å². The summed E-state index contributed by atoms with van der Waals surface area (Å²) in [5.74, 6) is -0.834. The maximum absolute atomic E-state index is 11.7. The van der Waals surface area contributed by atoms with Gasteiger partial charge in [0.15, 0.2) is 0 Å². The maximum atomic E-state index is 11.7. The van der Waals surface area contributed by atoms with Gasteiger partial charge < -0.3 is 9.84 Å². The number of benzene rings is 3. The van der Waals surface area contributed by atoms with Gasteiger partial charge in [-0.1, -0.05) is 78.4 Å². The van der Waals surface area contributed by atoms with Crippen molar-refractivity contribution in [3.8, 4) is 0 Å². The third-order valence-electron chi connectivity index (χ3n) is 8.81. The number of nitrogens with zero attached hydrogens (tertiary/aromatic N) is 1. The molecule has 6 rings (SSSR count). The van der Waals surface area contributed by atoms with Crippen LogP contribution in [-0.4, -0.2) is 43.9 Å². The van der Waals surface area contributed by atoms with Gasteiger partial charge in [0, 0.05) is 0 Å². The molecule has 1 aliphatic carbocycles. The summed E-state index contributed by atoms with van der Waals surface area (Å²) in [6.45, 7) is 4.93. The molecule has 3 aliphatic rings. The van der Waals surface area contributed by atoms with E-state index < -0.39 is 11.4 Å². The predicted molar refractivity (Wildman–Crippen MR) is 154 cm³/mol. The van der Waals surface area contributed by atoms with Crippen LogP contribution >= 0.6 is 0 Å². The number of carboxylic acid groups (broad SMARTS) is 1. The minimum atomic E-state index is -0.834. The summed E-state index contributed by atoms with van der Waals surface area (Å²) in [6, 6.07) is 26.2. The largest absolute Gasteiger partial charge is 0.481 e.